The van der Waals surface area contributed by atoms with Crippen molar-refractivity contribution in [1.82, 2.24) is 9.88 Å². The van der Waals surface area contributed by atoms with Gasteiger partial charge < -0.3 is 9.64 Å². The summed E-state index contributed by atoms with van der Waals surface area (Å²) in [5.41, 5.74) is 3.28. The highest BCUT2D eigenvalue weighted by molar-refractivity contribution is 5.84. The Bertz CT molecular complexity index is 921. The molecule has 1 aliphatic rings. The van der Waals surface area contributed by atoms with Crippen LogP contribution in [0.4, 0.5) is 0 Å². The van der Waals surface area contributed by atoms with Gasteiger partial charge in [0.2, 0.25) is 5.91 Å². The molecule has 1 aromatic heterocycles. The largest absolute Gasteiger partial charge is 0.489 e. The maximum absolute atomic E-state index is 11.8. The van der Waals surface area contributed by atoms with Crippen LogP contribution in [0.25, 0.3) is 22.0 Å². The zero-order valence-electron chi connectivity index (χ0n) is 14.9. The number of amides is 1. The Labute approximate surface area is 153 Å². The van der Waals surface area contributed by atoms with Crippen molar-refractivity contribution < 1.29 is 9.53 Å². The monoisotopic (exact) mass is 346 g/mol. The van der Waals surface area contributed by atoms with Gasteiger partial charge >= 0.3 is 0 Å². The van der Waals surface area contributed by atoms with Gasteiger partial charge in [0.1, 0.15) is 11.9 Å². The third-order valence-corrected chi connectivity index (χ3v) is 4.90. The summed E-state index contributed by atoms with van der Waals surface area (Å²) in [4.78, 5) is 18.1. The van der Waals surface area contributed by atoms with E-state index < -0.39 is 0 Å². The third-order valence-electron chi connectivity index (χ3n) is 4.90. The van der Waals surface area contributed by atoms with Gasteiger partial charge in [-0.2, -0.15) is 0 Å². The first-order chi connectivity index (χ1) is 12.7. The lowest BCUT2D eigenvalue weighted by molar-refractivity contribution is -0.130. The lowest BCUT2D eigenvalue weighted by Gasteiger charge is -2.16. The average molecular weight is 346 g/mol. The first-order valence-corrected chi connectivity index (χ1v) is 9.12. The van der Waals surface area contributed by atoms with E-state index >= 15 is 0 Å². The fraction of sp³-hybridized carbons (Fsp3) is 0.273. The second kappa shape index (κ2) is 7.16. The summed E-state index contributed by atoms with van der Waals surface area (Å²) in [7, 11) is 0. The Balaban J connectivity index is 1.45. The molecular formula is C22H22N2O2. The van der Waals surface area contributed by atoms with Crippen LogP contribution in [0.15, 0.2) is 60.8 Å². The molecule has 2 heterocycles. The van der Waals surface area contributed by atoms with E-state index in [2.05, 4.69) is 41.4 Å². The summed E-state index contributed by atoms with van der Waals surface area (Å²) in [6.45, 7) is 3.38. The third kappa shape index (κ3) is 3.40. The van der Waals surface area contributed by atoms with Crippen LogP contribution in [-0.4, -0.2) is 35.0 Å². The molecule has 0 spiro atoms. The Morgan fingerprint density at radius 2 is 1.96 bits per heavy atom. The molecule has 26 heavy (non-hydrogen) atoms. The van der Waals surface area contributed by atoms with Gasteiger partial charge in [-0.1, -0.05) is 37.3 Å². The molecule has 1 aliphatic heterocycles. The second-order valence-corrected chi connectivity index (χ2v) is 6.66. The van der Waals surface area contributed by atoms with E-state index in [1.165, 1.54) is 0 Å². The SMILES string of the molecule is CCC(=O)N1CC[C@@H](Oc2ccc(-c3ccc4cccnc4c3)cc2)C1. The predicted molar refractivity (Wildman–Crippen MR) is 103 cm³/mol. The number of pyridine rings is 1. The number of carbonyl (C=O) groups excluding carboxylic acids is 1. The van der Waals surface area contributed by atoms with Crippen molar-refractivity contribution >= 4 is 16.8 Å². The summed E-state index contributed by atoms with van der Waals surface area (Å²) >= 11 is 0. The Hall–Kier alpha value is -2.88. The van der Waals surface area contributed by atoms with Crippen LogP contribution in [0.1, 0.15) is 19.8 Å². The molecule has 4 heteroatoms. The number of hydrogen-bond acceptors (Lipinski definition) is 3. The van der Waals surface area contributed by atoms with E-state index in [0.717, 1.165) is 40.7 Å². The molecule has 0 N–H and O–H groups in total. The zero-order valence-corrected chi connectivity index (χ0v) is 14.9. The smallest absolute Gasteiger partial charge is 0.222 e. The quantitative estimate of drug-likeness (QED) is 0.708. The number of likely N-dealkylation sites (tertiary alicyclic amines) is 1. The highest BCUT2D eigenvalue weighted by Gasteiger charge is 2.26. The Morgan fingerprint density at radius 3 is 2.77 bits per heavy atom. The number of nitrogens with zero attached hydrogens (tertiary/aromatic N) is 2. The van der Waals surface area contributed by atoms with Gasteiger partial charge in [0, 0.05) is 31.0 Å². The zero-order chi connectivity index (χ0) is 17.9. The number of rotatable bonds is 4. The fourth-order valence-electron chi connectivity index (χ4n) is 3.44. The lowest BCUT2D eigenvalue weighted by atomic mass is 10.0. The maximum atomic E-state index is 11.8. The summed E-state index contributed by atoms with van der Waals surface area (Å²) in [5.74, 6) is 1.06. The van der Waals surface area contributed by atoms with E-state index in [-0.39, 0.29) is 12.0 Å². The Morgan fingerprint density at radius 1 is 1.15 bits per heavy atom. The van der Waals surface area contributed by atoms with Gasteiger partial charge in [0.25, 0.3) is 0 Å². The summed E-state index contributed by atoms with van der Waals surface area (Å²) < 4.78 is 6.06. The van der Waals surface area contributed by atoms with Gasteiger partial charge in [-0.25, -0.2) is 0 Å². The molecule has 0 aliphatic carbocycles. The minimum Gasteiger partial charge on any atom is -0.489 e. The molecule has 4 nitrogen and oxygen atoms in total. The van der Waals surface area contributed by atoms with Crippen molar-refractivity contribution in [3.05, 3.63) is 60.8 Å². The van der Waals surface area contributed by atoms with E-state index in [4.69, 9.17) is 4.74 Å². The highest BCUT2D eigenvalue weighted by atomic mass is 16.5. The van der Waals surface area contributed by atoms with Crippen LogP contribution < -0.4 is 4.74 Å². The van der Waals surface area contributed by atoms with E-state index in [1.54, 1.807) is 0 Å². The fourth-order valence-corrected chi connectivity index (χ4v) is 3.44. The molecule has 1 saturated heterocycles. The molecule has 0 radical (unpaired) electrons. The van der Waals surface area contributed by atoms with Crippen LogP contribution in [0.3, 0.4) is 0 Å². The minimum atomic E-state index is 0.0845. The molecule has 132 valence electrons. The molecule has 0 bridgehead atoms. The number of fused-ring (bicyclic) bond motifs is 1. The maximum Gasteiger partial charge on any atom is 0.222 e. The van der Waals surface area contributed by atoms with E-state index in [9.17, 15) is 4.79 Å². The van der Waals surface area contributed by atoms with Gasteiger partial charge in [-0.15, -0.1) is 0 Å². The van der Waals surface area contributed by atoms with Crippen molar-refractivity contribution in [2.24, 2.45) is 0 Å². The number of benzene rings is 2. The van der Waals surface area contributed by atoms with Gasteiger partial charge in [-0.05, 0) is 35.4 Å². The van der Waals surface area contributed by atoms with Crippen LogP contribution in [0.2, 0.25) is 0 Å². The number of aromatic nitrogens is 1. The van der Waals surface area contributed by atoms with Crippen molar-refractivity contribution in [2.75, 3.05) is 13.1 Å². The van der Waals surface area contributed by atoms with Crippen molar-refractivity contribution in [2.45, 2.75) is 25.9 Å². The van der Waals surface area contributed by atoms with E-state index in [0.29, 0.717) is 13.0 Å². The average Bonchev–Trinajstić information content (AvgIpc) is 3.16. The summed E-state index contributed by atoms with van der Waals surface area (Å²) in [6, 6.07) is 18.5. The predicted octanol–water partition coefficient (Wildman–Crippen LogP) is 4.29. The Kier molecular flexibility index (Phi) is 4.57. The van der Waals surface area contributed by atoms with Gasteiger partial charge in [0.15, 0.2) is 0 Å². The van der Waals surface area contributed by atoms with Crippen LogP contribution in [0.5, 0.6) is 5.75 Å². The second-order valence-electron chi connectivity index (χ2n) is 6.66. The summed E-state index contributed by atoms with van der Waals surface area (Å²) in [5, 5.41) is 1.14. The molecule has 0 unspecified atom stereocenters. The number of carbonyl (C=O) groups is 1. The highest BCUT2D eigenvalue weighted by Crippen LogP contribution is 2.26. The van der Waals surface area contributed by atoms with Crippen LogP contribution >= 0.6 is 0 Å². The molecule has 1 amide bonds. The first kappa shape index (κ1) is 16.6. The van der Waals surface area contributed by atoms with Crippen molar-refractivity contribution in [3.8, 4) is 16.9 Å². The molecule has 0 saturated carbocycles. The first-order valence-electron chi connectivity index (χ1n) is 9.12. The van der Waals surface area contributed by atoms with Crippen molar-refractivity contribution in [3.63, 3.8) is 0 Å². The summed E-state index contributed by atoms with van der Waals surface area (Å²) in [6.07, 6.45) is 3.35. The normalized spacial score (nSPS) is 16.8. The molecular weight excluding hydrogens is 324 g/mol. The van der Waals surface area contributed by atoms with Crippen LogP contribution in [-0.2, 0) is 4.79 Å². The standard InChI is InChI=1S/C22H22N2O2/c1-2-22(25)24-13-11-20(15-24)26-19-9-7-16(8-10-19)18-6-5-17-4-3-12-23-21(17)14-18/h3-10,12,14,20H,2,11,13,15H2,1H3/t20-/m1/s1. The van der Waals surface area contributed by atoms with Gasteiger partial charge in [-0.3, -0.25) is 9.78 Å². The van der Waals surface area contributed by atoms with Crippen molar-refractivity contribution in [1.29, 1.82) is 0 Å². The van der Waals surface area contributed by atoms with E-state index in [1.807, 2.05) is 36.2 Å². The number of ether oxygens (including phenoxy) is 1. The minimum absolute atomic E-state index is 0.0845. The number of hydrogen-bond donors (Lipinski definition) is 0. The molecule has 1 atom stereocenters. The lowest BCUT2D eigenvalue weighted by Crippen LogP contribution is -2.30. The van der Waals surface area contributed by atoms with Crippen LogP contribution in [0, 0.1) is 0 Å². The molecule has 3 aromatic rings. The molecule has 1 fully saturated rings. The van der Waals surface area contributed by atoms with Gasteiger partial charge in [0.05, 0.1) is 12.1 Å². The molecule has 4 rings (SSSR count). The molecule has 2 aromatic carbocycles. The topological polar surface area (TPSA) is 42.4 Å².